The first kappa shape index (κ1) is 21.2. The lowest BCUT2D eigenvalue weighted by Crippen LogP contribution is -2.65. The molecule has 6 N–H and O–H groups in total. The fourth-order valence-electron chi connectivity index (χ4n) is 2.66. The van der Waals surface area contributed by atoms with Crippen LogP contribution in [-0.2, 0) is 31.1 Å². The maximum Gasteiger partial charge on any atom is 0.333 e. The molecule has 0 amide bonds. The second kappa shape index (κ2) is 9.69. The average molecular weight is 392 g/mol. The number of hydrogen-bond donors (Lipinski definition) is 5. The molecule has 0 radical (unpaired) electrons. The van der Waals surface area contributed by atoms with E-state index in [0.717, 1.165) is 5.56 Å². The molecule has 1 fully saturated rings. The van der Waals surface area contributed by atoms with Gasteiger partial charge in [-0.2, -0.15) is 13.1 Å². The largest absolute Gasteiger partial charge is 0.394 e. The molecule has 1 aliphatic heterocycles. The van der Waals surface area contributed by atoms with Gasteiger partial charge in [-0.3, -0.25) is 4.55 Å². The summed E-state index contributed by atoms with van der Waals surface area (Å²) in [5.41, 5.74) is 6.17. The number of aliphatic hydroxyl groups excluding tert-OH is 2. The minimum Gasteiger partial charge on any atom is -0.394 e. The van der Waals surface area contributed by atoms with Crippen molar-refractivity contribution < 1.29 is 37.4 Å². The van der Waals surface area contributed by atoms with Crippen LogP contribution in [0.3, 0.4) is 0 Å². The van der Waals surface area contributed by atoms with Gasteiger partial charge in [-0.25, -0.2) is 0 Å². The Morgan fingerprint density at radius 2 is 1.92 bits per heavy atom. The zero-order valence-electron chi connectivity index (χ0n) is 14.0. The van der Waals surface area contributed by atoms with E-state index in [2.05, 4.69) is 0 Å². The van der Waals surface area contributed by atoms with E-state index in [1.54, 1.807) is 0 Å². The van der Waals surface area contributed by atoms with Crippen LogP contribution in [0, 0.1) is 0 Å². The van der Waals surface area contributed by atoms with Gasteiger partial charge in [-0.15, -0.1) is 0 Å². The highest BCUT2D eigenvalue weighted by atomic mass is 32.2. The van der Waals surface area contributed by atoms with Crippen molar-refractivity contribution in [2.75, 3.05) is 19.8 Å². The lowest BCUT2D eigenvalue weighted by molar-refractivity contribution is -0.277. The van der Waals surface area contributed by atoms with Crippen molar-refractivity contribution in [1.82, 2.24) is 4.72 Å². The standard InChI is InChI=1S/C15H24N2O8S/c16-6-7-23-15-12(17-26(20,21)22)13(19)14(11(8-18)25-15)24-9-10-4-2-1-3-5-10/h1-5,11-15,17-19H,6-9,16H2,(H,20,21,22)/t11-,12-,13-,14-,15+/m1/s1. The molecule has 0 aliphatic carbocycles. The third kappa shape index (κ3) is 5.94. The normalized spacial score (nSPS) is 29.6. The van der Waals surface area contributed by atoms with Gasteiger partial charge >= 0.3 is 10.3 Å². The van der Waals surface area contributed by atoms with Gasteiger partial charge in [0.15, 0.2) is 6.29 Å². The van der Waals surface area contributed by atoms with Crippen LogP contribution in [0.4, 0.5) is 0 Å². The first-order valence-electron chi connectivity index (χ1n) is 8.02. The van der Waals surface area contributed by atoms with Crippen molar-refractivity contribution in [2.45, 2.75) is 37.3 Å². The number of hydrogen-bond acceptors (Lipinski definition) is 8. The molecule has 1 aromatic carbocycles. The van der Waals surface area contributed by atoms with Crippen LogP contribution in [0.15, 0.2) is 30.3 Å². The van der Waals surface area contributed by atoms with E-state index in [1.807, 2.05) is 35.1 Å². The SMILES string of the molecule is NCCO[C@H]1O[C@H](CO)[C@@H](OCc2ccccc2)[C@H](O)[C@H]1NS(=O)(=O)O. The van der Waals surface area contributed by atoms with Crippen LogP contribution in [0.25, 0.3) is 0 Å². The molecule has 0 unspecified atom stereocenters. The topological polar surface area (TPSA) is 161 Å². The van der Waals surface area contributed by atoms with Crippen LogP contribution < -0.4 is 10.5 Å². The summed E-state index contributed by atoms with van der Waals surface area (Å²) >= 11 is 0. The summed E-state index contributed by atoms with van der Waals surface area (Å²) in [5, 5.41) is 20.1. The van der Waals surface area contributed by atoms with Crippen LogP contribution in [0.1, 0.15) is 5.56 Å². The van der Waals surface area contributed by atoms with E-state index in [1.165, 1.54) is 0 Å². The number of benzene rings is 1. The number of ether oxygens (including phenoxy) is 3. The molecule has 0 bridgehead atoms. The maximum absolute atomic E-state index is 11.2. The Balaban J connectivity index is 2.15. The van der Waals surface area contributed by atoms with Gasteiger partial charge in [0.05, 0.1) is 19.8 Å². The number of aliphatic hydroxyl groups is 2. The van der Waals surface area contributed by atoms with E-state index in [4.69, 9.17) is 24.5 Å². The predicted molar refractivity (Wildman–Crippen MR) is 90.3 cm³/mol. The van der Waals surface area contributed by atoms with Crippen molar-refractivity contribution in [3.05, 3.63) is 35.9 Å². The molecular formula is C15H24N2O8S. The van der Waals surface area contributed by atoms with Gasteiger partial charge in [0.2, 0.25) is 0 Å². The molecule has 1 saturated heterocycles. The van der Waals surface area contributed by atoms with E-state index in [9.17, 15) is 18.6 Å². The fourth-order valence-corrected chi connectivity index (χ4v) is 3.26. The highest BCUT2D eigenvalue weighted by Gasteiger charge is 2.47. The Hall–Kier alpha value is -1.15. The van der Waals surface area contributed by atoms with E-state index in [-0.39, 0.29) is 19.8 Å². The summed E-state index contributed by atoms with van der Waals surface area (Å²) < 4.78 is 49.8. The van der Waals surface area contributed by atoms with Gasteiger partial charge in [-0.05, 0) is 5.56 Å². The lowest BCUT2D eigenvalue weighted by atomic mass is 9.97. The molecule has 0 aromatic heterocycles. The smallest absolute Gasteiger partial charge is 0.333 e. The number of rotatable bonds is 9. The Bertz CT molecular complexity index is 644. The van der Waals surface area contributed by atoms with Crippen molar-refractivity contribution in [1.29, 1.82) is 0 Å². The second-order valence-electron chi connectivity index (χ2n) is 5.76. The Kier molecular flexibility index (Phi) is 7.88. The molecular weight excluding hydrogens is 368 g/mol. The molecule has 10 nitrogen and oxygen atoms in total. The fraction of sp³-hybridized carbons (Fsp3) is 0.600. The van der Waals surface area contributed by atoms with Gasteiger partial charge in [0.1, 0.15) is 24.4 Å². The van der Waals surface area contributed by atoms with Crippen molar-refractivity contribution in [3.8, 4) is 0 Å². The molecule has 148 valence electrons. The molecule has 0 saturated carbocycles. The van der Waals surface area contributed by atoms with E-state index < -0.39 is 47.6 Å². The van der Waals surface area contributed by atoms with Gasteiger partial charge in [0.25, 0.3) is 0 Å². The summed E-state index contributed by atoms with van der Waals surface area (Å²) in [7, 11) is -4.65. The van der Waals surface area contributed by atoms with Gasteiger partial charge < -0.3 is 30.2 Å². The maximum atomic E-state index is 11.2. The molecule has 1 aromatic rings. The molecule has 1 aliphatic rings. The summed E-state index contributed by atoms with van der Waals surface area (Å²) in [5.74, 6) is 0. The molecule has 2 rings (SSSR count). The minimum absolute atomic E-state index is 0.0226. The van der Waals surface area contributed by atoms with Crippen molar-refractivity contribution >= 4 is 10.3 Å². The highest BCUT2D eigenvalue weighted by molar-refractivity contribution is 7.83. The first-order chi connectivity index (χ1) is 12.4. The Morgan fingerprint density at radius 1 is 1.23 bits per heavy atom. The third-order valence-corrected chi connectivity index (χ3v) is 4.39. The van der Waals surface area contributed by atoms with Crippen LogP contribution in [-0.4, -0.2) is 73.6 Å². The van der Waals surface area contributed by atoms with Crippen molar-refractivity contribution in [3.63, 3.8) is 0 Å². The minimum atomic E-state index is -4.65. The first-order valence-corrected chi connectivity index (χ1v) is 9.46. The van der Waals surface area contributed by atoms with Crippen LogP contribution in [0.2, 0.25) is 0 Å². The molecule has 1 heterocycles. The summed E-state index contributed by atoms with van der Waals surface area (Å²) in [6.45, 7) is -0.228. The number of nitrogens with two attached hydrogens (primary N) is 1. The summed E-state index contributed by atoms with van der Waals surface area (Å²) in [6, 6.07) is 7.74. The molecule has 5 atom stereocenters. The van der Waals surface area contributed by atoms with Crippen LogP contribution >= 0.6 is 0 Å². The predicted octanol–water partition coefficient (Wildman–Crippen LogP) is -1.61. The lowest BCUT2D eigenvalue weighted by Gasteiger charge is -2.43. The molecule has 0 spiro atoms. The second-order valence-corrected chi connectivity index (χ2v) is 6.94. The van der Waals surface area contributed by atoms with Crippen LogP contribution in [0.5, 0.6) is 0 Å². The monoisotopic (exact) mass is 392 g/mol. The highest BCUT2D eigenvalue weighted by Crippen LogP contribution is 2.25. The molecule has 26 heavy (non-hydrogen) atoms. The summed E-state index contributed by atoms with van der Waals surface area (Å²) in [6.07, 6.45) is -4.73. The van der Waals surface area contributed by atoms with E-state index >= 15 is 0 Å². The zero-order chi connectivity index (χ0) is 19.2. The average Bonchev–Trinajstić information content (AvgIpc) is 2.61. The molecule has 11 heteroatoms. The Labute approximate surface area is 151 Å². The van der Waals surface area contributed by atoms with Crippen molar-refractivity contribution in [2.24, 2.45) is 5.73 Å². The number of nitrogens with one attached hydrogen (secondary N) is 1. The third-order valence-electron chi connectivity index (χ3n) is 3.82. The zero-order valence-corrected chi connectivity index (χ0v) is 14.8. The van der Waals surface area contributed by atoms with Gasteiger partial charge in [0, 0.05) is 6.54 Å². The van der Waals surface area contributed by atoms with Gasteiger partial charge in [-0.1, -0.05) is 30.3 Å². The quantitative estimate of drug-likeness (QED) is 0.311. The van der Waals surface area contributed by atoms with E-state index in [0.29, 0.717) is 0 Å². The summed E-state index contributed by atoms with van der Waals surface area (Å²) in [4.78, 5) is 0. The Morgan fingerprint density at radius 3 is 2.50 bits per heavy atom.